The molecule has 0 amide bonds. The normalized spacial score (nSPS) is 20.8. The Hall–Kier alpha value is -1.03. The number of halogens is 1. The molecule has 4 nitrogen and oxygen atoms in total. The molecule has 1 aromatic heterocycles. The number of nitrogens with two attached hydrogens (primary N) is 1. The van der Waals surface area contributed by atoms with E-state index in [9.17, 15) is 0 Å². The maximum absolute atomic E-state index is 6.19. The Morgan fingerprint density at radius 3 is 3.00 bits per heavy atom. The number of nitrogen functional groups attached to an aromatic ring is 1. The monoisotopic (exact) mass is 268 g/mol. The maximum Gasteiger partial charge on any atom is 0.153 e. The minimum absolute atomic E-state index is 0.371. The van der Waals surface area contributed by atoms with E-state index >= 15 is 0 Å². The summed E-state index contributed by atoms with van der Waals surface area (Å²) in [4.78, 5) is 10.4. The highest BCUT2D eigenvalue weighted by Crippen LogP contribution is 2.30. The van der Waals surface area contributed by atoms with Crippen LogP contribution in [0.3, 0.4) is 0 Å². The molecule has 2 N–H and O–H groups in total. The minimum Gasteiger partial charge on any atom is -0.382 e. The number of aromatic nitrogens is 2. The molecule has 2 heterocycles. The standard InChI is InChI=1S/C13H21ClN4/c1-2-4-10-5-3-7-18(8-6-10)13-11(14)12(15)16-9-17-13/h9-10H,2-8H2,1H3,(H2,15,16,17). The average molecular weight is 269 g/mol. The molecule has 0 aromatic carbocycles. The van der Waals surface area contributed by atoms with Gasteiger partial charge in [0.1, 0.15) is 17.2 Å². The molecule has 1 unspecified atom stereocenters. The van der Waals surface area contributed by atoms with Gasteiger partial charge in [0.15, 0.2) is 5.82 Å². The number of anilines is 2. The van der Waals surface area contributed by atoms with Gasteiger partial charge in [-0.3, -0.25) is 0 Å². The van der Waals surface area contributed by atoms with Crippen molar-refractivity contribution < 1.29 is 0 Å². The predicted molar refractivity (Wildman–Crippen MR) is 75.9 cm³/mol. The fraction of sp³-hybridized carbons (Fsp3) is 0.692. The first-order chi connectivity index (χ1) is 8.72. The summed E-state index contributed by atoms with van der Waals surface area (Å²) in [6.07, 6.45) is 7.81. The summed E-state index contributed by atoms with van der Waals surface area (Å²) < 4.78 is 0. The van der Waals surface area contributed by atoms with E-state index < -0.39 is 0 Å². The maximum atomic E-state index is 6.19. The van der Waals surface area contributed by atoms with E-state index in [0.29, 0.717) is 10.8 Å². The van der Waals surface area contributed by atoms with Crippen molar-refractivity contribution in [3.8, 4) is 0 Å². The van der Waals surface area contributed by atoms with Gasteiger partial charge in [0, 0.05) is 13.1 Å². The van der Waals surface area contributed by atoms with E-state index in [1.54, 1.807) is 0 Å². The third kappa shape index (κ3) is 3.05. The van der Waals surface area contributed by atoms with E-state index in [0.717, 1.165) is 24.8 Å². The van der Waals surface area contributed by atoms with Crippen LogP contribution in [0, 0.1) is 5.92 Å². The molecule has 0 saturated carbocycles. The van der Waals surface area contributed by atoms with Crippen LogP contribution in [0.4, 0.5) is 11.6 Å². The lowest BCUT2D eigenvalue weighted by Gasteiger charge is -2.22. The molecule has 0 bridgehead atoms. The lowest BCUT2D eigenvalue weighted by molar-refractivity contribution is 0.435. The van der Waals surface area contributed by atoms with Crippen LogP contribution in [0.25, 0.3) is 0 Å². The highest BCUT2D eigenvalue weighted by Gasteiger charge is 2.20. The molecule has 5 heteroatoms. The third-order valence-electron chi connectivity index (χ3n) is 3.64. The summed E-state index contributed by atoms with van der Waals surface area (Å²) in [7, 11) is 0. The second-order valence-corrected chi connectivity index (χ2v) is 5.35. The van der Waals surface area contributed by atoms with Crippen LogP contribution in [0.1, 0.15) is 39.0 Å². The van der Waals surface area contributed by atoms with E-state index in [-0.39, 0.29) is 0 Å². The summed E-state index contributed by atoms with van der Waals surface area (Å²) in [5.74, 6) is 2.01. The molecule has 1 aliphatic heterocycles. The smallest absolute Gasteiger partial charge is 0.153 e. The third-order valence-corrected chi connectivity index (χ3v) is 4.00. The average Bonchev–Trinajstić information content (AvgIpc) is 2.59. The Kier molecular flexibility index (Phi) is 4.64. The molecule has 1 fully saturated rings. The largest absolute Gasteiger partial charge is 0.382 e. The van der Waals surface area contributed by atoms with Crippen molar-refractivity contribution in [1.82, 2.24) is 9.97 Å². The van der Waals surface area contributed by atoms with E-state index in [1.807, 2.05) is 0 Å². The van der Waals surface area contributed by atoms with Gasteiger partial charge in [0.25, 0.3) is 0 Å². The Labute approximate surface area is 114 Å². The van der Waals surface area contributed by atoms with Gasteiger partial charge in [0.2, 0.25) is 0 Å². The molecular formula is C13H21ClN4. The second-order valence-electron chi connectivity index (χ2n) is 4.97. The highest BCUT2D eigenvalue weighted by atomic mass is 35.5. The Morgan fingerprint density at radius 1 is 1.39 bits per heavy atom. The first-order valence-corrected chi connectivity index (χ1v) is 7.11. The van der Waals surface area contributed by atoms with Gasteiger partial charge >= 0.3 is 0 Å². The fourth-order valence-electron chi connectivity index (χ4n) is 2.67. The van der Waals surface area contributed by atoms with E-state index in [1.165, 1.54) is 38.4 Å². The molecule has 18 heavy (non-hydrogen) atoms. The zero-order valence-corrected chi connectivity index (χ0v) is 11.7. The zero-order valence-electron chi connectivity index (χ0n) is 10.9. The van der Waals surface area contributed by atoms with Gasteiger partial charge < -0.3 is 10.6 Å². The molecule has 2 rings (SSSR count). The number of hydrogen-bond acceptors (Lipinski definition) is 4. The van der Waals surface area contributed by atoms with Gasteiger partial charge in [-0.15, -0.1) is 0 Å². The van der Waals surface area contributed by atoms with Gasteiger partial charge in [0.05, 0.1) is 0 Å². The molecular weight excluding hydrogens is 248 g/mol. The Morgan fingerprint density at radius 2 is 2.22 bits per heavy atom. The second kappa shape index (κ2) is 6.23. The van der Waals surface area contributed by atoms with Gasteiger partial charge in [-0.25, -0.2) is 9.97 Å². The van der Waals surface area contributed by atoms with Crippen molar-refractivity contribution in [2.75, 3.05) is 23.7 Å². The fourth-order valence-corrected chi connectivity index (χ4v) is 2.89. The molecule has 0 aliphatic carbocycles. The number of hydrogen-bond donors (Lipinski definition) is 1. The SMILES string of the molecule is CCCC1CCCN(c2ncnc(N)c2Cl)CC1. The molecule has 0 radical (unpaired) electrons. The predicted octanol–water partition coefficient (Wildman–Crippen LogP) is 3.12. The lowest BCUT2D eigenvalue weighted by Crippen LogP contribution is -2.26. The molecule has 1 saturated heterocycles. The van der Waals surface area contributed by atoms with Crippen molar-refractivity contribution in [2.24, 2.45) is 5.92 Å². The van der Waals surface area contributed by atoms with Crippen molar-refractivity contribution in [3.05, 3.63) is 11.3 Å². The summed E-state index contributed by atoms with van der Waals surface area (Å²) >= 11 is 6.19. The summed E-state index contributed by atoms with van der Waals surface area (Å²) in [6, 6.07) is 0. The summed E-state index contributed by atoms with van der Waals surface area (Å²) in [5, 5.41) is 0.492. The van der Waals surface area contributed by atoms with Crippen LogP contribution >= 0.6 is 11.6 Å². The molecule has 100 valence electrons. The quantitative estimate of drug-likeness (QED) is 0.915. The van der Waals surface area contributed by atoms with Crippen molar-refractivity contribution in [3.63, 3.8) is 0 Å². The Balaban J connectivity index is 2.07. The van der Waals surface area contributed by atoms with Gasteiger partial charge in [-0.05, 0) is 25.2 Å². The van der Waals surface area contributed by atoms with Crippen LogP contribution < -0.4 is 10.6 Å². The number of nitrogens with zero attached hydrogens (tertiary/aromatic N) is 3. The summed E-state index contributed by atoms with van der Waals surface area (Å²) in [5.41, 5.74) is 5.73. The lowest BCUT2D eigenvalue weighted by atomic mass is 9.96. The number of rotatable bonds is 3. The van der Waals surface area contributed by atoms with Crippen LogP contribution in [-0.4, -0.2) is 23.1 Å². The van der Waals surface area contributed by atoms with Crippen LogP contribution in [0.2, 0.25) is 5.02 Å². The topological polar surface area (TPSA) is 55.0 Å². The van der Waals surface area contributed by atoms with Crippen molar-refractivity contribution in [1.29, 1.82) is 0 Å². The van der Waals surface area contributed by atoms with Crippen LogP contribution in [0.5, 0.6) is 0 Å². The van der Waals surface area contributed by atoms with Crippen molar-refractivity contribution in [2.45, 2.75) is 39.0 Å². The zero-order chi connectivity index (χ0) is 13.0. The molecule has 1 aliphatic rings. The van der Waals surface area contributed by atoms with E-state index in [4.69, 9.17) is 17.3 Å². The highest BCUT2D eigenvalue weighted by molar-refractivity contribution is 6.35. The first kappa shape index (κ1) is 13.4. The first-order valence-electron chi connectivity index (χ1n) is 6.73. The molecule has 0 spiro atoms. The van der Waals surface area contributed by atoms with Gasteiger partial charge in [-0.2, -0.15) is 0 Å². The molecule has 1 atom stereocenters. The van der Waals surface area contributed by atoms with Crippen molar-refractivity contribution >= 4 is 23.2 Å². The molecule has 1 aromatic rings. The summed E-state index contributed by atoms with van der Waals surface area (Å²) in [6.45, 7) is 4.28. The van der Waals surface area contributed by atoms with E-state index in [2.05, 4.69) is 21.8 Å². The van der Waals surface area contributed by atoms with Crippen LogP contribution in [0.15, 0.2) is 6.33 Å². The van der Waals surface area contributed by atoms with Crippen LogP contribution in [-0.2, 0) is 0 Å². The van der Waals surface area contributed by atoms with Gasteiger partial charge in [-0.1, -0.05) is 31.4 Å². The Bertz CT molecular complexity index is 397. The minimum atomic E-state index is 0.371.